The van der Waals surface area contributed by atoms with Crippen LogP contribution in [0.4, 0.5) is 5.69 Å². The molecule has 0 saturated heterocycles. The molecule has 7 heteroatoms. The number of para-hydroxylation sites is 2. The standard InChI is InChI=1S/C22H23N3O3S/c1-14-9-10-17(13-15(14)2)25-21(26)12-11-20(24-25)29-16(3)22(27)23-18-7-5-6-8-19(18)28-4/h5-13,16H,1-4H3,(H,23,27). The number of benzene rings is 2. The van der Waals surface area contributed by atoms with Crippen LogP contribution < -0.4 is 15.6 Å². The van der Waals surface area contributed by atoms with Crippen molar-refractivity contribution in [2.24, 2.45) is 0 Å². The summed E-state index contributed by atoms with van der Waals surface area (Å²) in [6, 6.07) is 16.1. The summed E-state index contributed by atoms with van der Waals surface area (Å²) in [4.78, 5) is 24.9. The third-order valence-electron chi connectivity index (χ3n) is 4.54. The summed E-state index contributed by atoms with van der Waals surface area (Å²) < 4.78 is 6.63. The highest BCUT2D eigenvalue weighted by Crippen LogP contribution is 2.26. The minimum absolute atomic E-state index is 0.176. The molecule has 1 aromatic heterocycles. The minimum Gasteiger partial charge on any atom is -0.495 e. The molecule has 150 valence electrons. The quantitative estimate of drug-likeness (QED) is 0.624. The predicted molar refractivity (Wildman–Crippen MR) is 116 cm³/mol. The average Bonchev–Trinajstić information content (AvgIpc) is 2.72. The Hall–Kier alpha value is -3.06. The highest BCUT2D eigenvalue weighted by atomic mass is 32.2. The minimum atomic E-state index is -0.418. The maximum Gasteiger partial charge on any atom is 0.271 e. The molecular formula is C22H23N3O3S. The molecular weight excluding hydrogens is 386 g/mol. The van der Waals surface area contributed by atoms with Gasteiger partial charge >= 0.3 is 0 Å². The van der Waals surface area contributed by atoms with Crippen molar-refractivity contribution < 1.29 is 9.53 Å². The highest BCUT2D eigenvalue weighted by molar-refractivity contribution is 8.00. The largest absolute Gasteiger partial charge is 0.495 e. The number of ether oxygens (including phenoxy) is 1. The average molecular weight is 410 g/mol. The Morgan fingerprint density at radius 1 is 1.10 bits per heavy atom. The van der Waals surface area contributed by atoms with Crippen molar-refractivity contribution in [3.05, 3.63) is 76.1 Å². The summed E-state index contributed by atoms with van der Waals surface area (Å²) in [5.41, 5.74) is 3.32. The van der Waals surface area contributed by atoms with Gasteiger partial charge in [-0.3, -0.25) is 9.59 Å². The second kappa shape index (κ2) is 8.96. The summed E-state index contributed by atoms with van der Waals surface area (Å²) in [6.45, 7) is 5.80. The predicted octanol–water partition coefficient (Wildman–Crippen LogP) is 3.98. The van der Waals surface area contributed by atoms with Crippen LogP contribution in [-0.4, -0.2) is 28.0 Å². The zero-order chi connectivity index (χ0) is 21.0. The summed E-state index contributed by atoms with van der Waals surface area (Å²) in [5.74, 6) is 0.421. The van der Waals surface area contributed by atoms with Crippen molar-refractivity contribution in [1.29, 1.82) is 0 Å². The Morgan fingerprint density at radius 3 is 2.59 bits per heavy atom. The first kappa shape index (κ1) is 20.7. The molecule has 0 aliphatic heterocycles. The number of hydrogen-bond acceptors (Lipinski definition) is 5. The molecule has 1 heterocycles. The van der Waals surface area contributed by atoms with Gasteiger partial charge in [0.15, 0.2) is 0 Å². The SMILES string of the molecule is COc1ccccc1NC(=O)C(C)Sc1ccc(=O)n(-c2ccc(C)c(C)c2)n1. The summed E-state index contributed by atoms with van der Waals surface area (Å²) in [7, 11) is 1.56. The van der Waals surface area contributed by atoms with E-state index in [2.05, 4.69) is 10.4 Å². The molecule has 29 heavy (non-hydrogen) atoms. The molecule has 0 fully saturated rings. The Labute approximate surface area is 173 Å². The Bertz CT molecular complexity index is 1090. The zero-order valence-corrected chi connectivity index (χ0v) is 17.6. The first-order valence-electron chi connectivity index (χ1n) is 9.17. The summed E-state index contributed by atoms with van der Waals surface area (Å²) in [5, 5.41) is 7.48. The number of amides is 1. The first-order valence-corrected chi connectivity index (χ1v) is 10.1. The van der Waals surface area contributed by atoms with Gasteiger partial charge in [-0.1, -0.05) is 30.0 Å². The van der Waals surface area contributed by atoms with Crippen molar-refractivity contribution in [1.82, 2.24) is 9.78 Å². The van der Waals surface area contributed by atoms with E-state index in [-0.39, 0.29) is 11.5 Å². The number of aryl methyl sites for hydroxylation is 2. The van der Waals surface area contributed by atoms with Crippen molar-refractivity contribution in [2.45, 2.75) is 31.0 Å². The Balaban J connectivity index is 1.78. The fourth-order valence-corrected chi connectivity index (χ4v) is 3.52. The maximum atomic E-state index is 12.6. The first-order chi connectivity index (χ1) is 13.9. The van der Waals surface area contributed by atoms with Crippen LogP contribution in [0.1, 0.15) is 18.1 Å². The van der Waals surface area contributed by atoms with Gasteiger partial charge in [0.1, 0.15) is 10.8 Å². The molecule has 2 aromatic carbocycles. The molecule has 0 bridgehead atoms. The fourth-order valence-electron chi connectivity index (χ4n) is 2.72. The van der Waals surface area contributed by atoms with Gasteiger partial charge in [-0.2, -0.15) is 9.78 Å². The lowest BCUT2D eigenvalue weighted by molar-refractivity contribution is -0.115. The van der Waals surface area contributed by atoms with Gasteiger partial charge in [0, 0.05) is 6.07 Å². The van der Waals surface area contributed by atoms with Crippen molar-refractivity contribution in [3.63, 3.8) is 0 Å². The topological polar surface area (TPSA) is 73.2 Å². The molecule has 1 amide bonds. The van der Waals surface area contributed by atoms with E-state index in [0.717, 1.165) is 11.1 Å². The van der Waals surface area contributed by atoms with Crippen LogP contribution in [-0.2, 0) is 4.79 Å². The number of carbonyl (C=O) groups is 1. The normalized spacial score (nSPS) is 11.7. The lowest BCUT2D eigenvalue weighted by Crippen LogP contribution is -2.24. The molecule has 1 atom stereocenters. The maximum absolute atomic E-state index is 12.6. The zero-order valence-electron chi connectivity index (χ0n) is 16.8. The van der Waals surface area contributed by atoms with Crippen molar-refractivity contribution in [3.8, 4) is 11.4 Å². The molecule has 0 aliphatic carbocycles. The molecule has 0 radical (unpaired) electrons. The Kier molecular flexibility index (Phi) is 6.39. The fraction of sp³-hybridized carbons (Fsp3) is 0.227. The monoisotopic (exact) mass is 409 g/mol. The number of thioether (sulfide) groups is 1. The number of nitrogens with zero attached hydrogens (tertiary/aromatic N) is 2. The number of hydrogen-bond donors (Lipinski definition) is 1. The molecule has 0 aliphatic rings. The Morgan fingerprint density at radius 2 is 1.86 bits per heavy atom. The van der Waals surface area contributed by atoms with Crippen LogP contribution >= 0.6 is 11.8 Å². The molecule has 1 unspecified atom stereocenters. The van der Waals surface area contributed by atoms with Crippen LogP contribution in [0.5, 0.6) is 5.75 Å². The van der Waals surface area contributed by atoms with E-state index in [9.17, 15) is 9.59 Å². The molecule has 6 nitrogen and oxygen atoms in total. The smallest absolute Gasteiger partial charge is 0.271 e. The third kappa shape index (κ3) is 4.86. The van der Waals surface area contributed by atoms with Gasteiger partial charge in [0.2, 0.25) is 5.91 Å². The van der Waals surface area contributed by atoms with Gasteiger partial charge in [-0.15, -0.1) is 0 Å². The molecule has 0 spiro atoms. The van der Waals surface area contributed by atoms with Gasteiger partial charge in [0.05, 0.1) is 23.7 Å². The van der Waals surface area contributed by atoms with Gasteiger partial charge in [-0.05, 0) is 62.2 Å². The third-order valence-corrected chi connectivity index (χ3v) is 5.57. The number of aromatic nitrogens is 2. The summed E-state index contributed by atoms with van der Waals surface area (Å²) in [6.07, 6.45) is 0. The lowest BCUT2D eigenvalue weighted by atomic mass is 10.1. The number of anilines is 1. The van der Waals surface area contributed by atoms with E-state index in [4.69, 9.17) is 4.74 Å². The molecule has 3 rings (SSSR count). The second-order valence-electron chi connectivity index (χ2n) is 6.64. The number of carbonyl (C=O) groups excluding carboxylic acids is 1. The van der Waals surface area contributed by atoms with Crippen LogP contribution in [0.15, 0.2) is 64.4 Å². The molecule has 0 saturated carbocycles. The van der Waals surface area contributed by atoms with Crippen molar-refractivity contribution in [2.75, 3.05) is 12.4 Å². The molecule has 1 N–H and O–H groups in total. The van der Waals surface area contributed by atoms with E-state index < -0.39 is 5.25 Å². The van der Waals surface area contributed by atoms with E-state index in [0.29, 0.717) is 22.2 Å². The highest BCUT2D eigenvalue weighted by Gasteiger charge is 2.17. The number of rotatable bonds is 6. The second-order valence-corrected chi connectivity index (χ2v) is 8.00. The van der Waals surface area contributed by atoms with E-state index in [1.54, 1.807) is 32.2 Å². The van der Waals surface area contributed by atoms with E-state index in [1.165, 1.54) is 22.5 Å². The van der Waals surface area contributed by atoms with Crippen molar-refractivity contribution >= 4 is 23.4 Å². The molecule has 3 aromatic rings. The van der Waals surface area contributed by atoms with Crippen LogP contribution in [0.25, 0.3) is 5.69 Å². The number of nitrogens with one attached hydrogen (secondary N) is 1. The van der Waals surface area contributed by atoms with Gasteiger partial charge in [0.25, 0.3) is 5.56 Å². The van der Waals surface area contributed by atoms with E-state index >= 15 is 0 Å². The van der Waals surface area contributed by atoms with Crippen LogP contribution in [0, 0.1) is 13.8 Å². The van der Waals surface area contributed by atoms with Crippen LogP contribution in [0.2, 0.25) is 0 Å². The summed E-state index contributed by atoms with van der Waals surface area (Å²) >= 11 is 1.29. The van der Waals surface area contributed by atoms with Gasteiger partial charge < -0.3 is 10.1 Å². The lowest BCUT2D eigenvalue weighted by Gasteiger charge is -2.14. The van der Waals surface area contributed by atoms with Gasteiger partial charge in [-0.25, -0.2) is 0 Å². The van der Waals surface area contributed by atoms with E-state index in [1.807, 2.05) is 44.2 Å². The number of methoxy groups -OCH3 is 1. The van der Waals surface area contributed by atoms with Crippen LogP contribution in [0.3, 0.4) is 0 Å².